The maximum atomic E-state index is 13.2. The molecule has 2 aromatic rings. The summed E-state index contributed by atoms with van der Waals surface area (Å²) in [6.45, 7) is 0. The fourth-order valence-corrected chi connectivity index (χ4v) is 3.35. The van der Waals surface area contributed by atoms with Gasteiger partial charge in [-0.25, -0.2) is 4.39 Å². The molecule has 2 heteroatoms. The Balaban J connectivity index is 2.06. The van der Waals surface area contributed by atoms with Crippen LogP contribution in [-0.2, 0) is 5.54 Å². The summed E-state index contributed by atoms with van der Waals surface area (Å²) in [5, 5.41) is 5.64. The van der Waals surface area contributed by atoms with Gasteiger partial charge in [0.15, 0.2) is 0 Å². The lowest BCUT2D eigenvalue weighted by molar-refractivity contribution is 0.250. The first-order valence-electron chi connectivity index (χ1n) is 7.12. The van der Waals surface area contributed by atoms with Gasteiger partial charge < -0.3 is 5.32 Å². The molecule has 3 rings (SSSR count). The van der Waals surface area contributed by atoms with Crippen LogP contribution >= 0.6 is 0 Å². The molecule has 19 heavy (non-hydrogen) atoms. The van der Waals surface area contributed by atoms with Gasteiger partial charge in [0, 0.05) is 5.54 Å². The van der Waals surface area contributed by atoms with E-state index < -0.39 is 0 Å². The minimum absolute atomic E-state index is 0.112. The van der Waals surface area contributed by atoms with E-state index in [-0.39, 0.29) is 11.4 Å². The Morgan fingerprint density at radius 2 is 1.63 bits per heavy atom. The molecule has 1 saturated carbocycles. The minimum Gasteiger partial charge on any atom is -0.310 e. The van der Waals surface area contributed by atoms with Crippen molar-refractivity contribution in [2.24, 2.45) is 0 Å². The van der Waals surface area contributed by atoms with E-state index in [1.54, 1.807) is 12.1 Å². The molecule has 0 radical (unpaired) electrons. The minimum atomic E-state index is -0.166. The summed E-state index contributed by atoms with van der Waals surface area (Å²) in [5.74, 6) is -0.166. The van der Waals surface area contributed by atoms with E-state index in [1.807, 2.05) is 12.1 Å². The van der Waals surface area contributed by atoms with Gasteiger partial charge in [0.25, 0.3) is 0 Å². The lowest BCUT2D eigenvalue weighted by Crippen LogP contribution is -2.41. The third kappa shape index (κ3) is 2.25. The molecule has 0 unspecified atom stereocenters. The van der Waals surface area contributed by atoms with Crippen molar-refractivity contribution in [3.63, 3.8) is 0 Å². The van der Waals surface area contributed by atoms with Crippen molar-refractivity contribution in [2.75, 3.05) is 7.05 Å². The smallest absolute Gasteiger partial charge is 0.123 e. The van der Waals surface area contributed by atoms with Crippen LogP contribution in [0.15, 0.2) is 36.4 Å². The molecule has 1 nitrogen and oxygen atoms in total. The van der Waals surface area contributed by atoms with Crippen LogP contribution in [0.2, 0.25) is 0 Å². The molecule has 0 amide bonds. The first kappa shape index (κ1) is 12.6. The fraction of sp³-hybridized carbons (Fsp3) is 0.412. The summed E-state index contributed by atoms with van der Waals surface area (Å²) in [6.07, 6.45) is 6.28. The van der Waals surface area contributed by atoms with Crippen molar-refractivity contribution in [3.05, 3.63) is 47.8 Å². The van der Waals surface area contributed by atoms with Crippen molar-refractivity contribution < 1.29 is 4.39 Å². The quantitative estimate of drug-likeness (QED) is 0.843. The Hall–Kier alpha value is -1.41. The Bertz CT molecular complexity index is 585. The molecule has 1 aliphatic rings. The highest BCUT2D eigenvalue weighted by Crippen LogP contribution is 2.37. The normalized spacial score (nSPS) is 18.6. The molecule has 0 bridgehead atoms. The molecule has 1 fully saturated rings. The van der Waals surface area contributed by atoms with Crippen LogP contribution in [0.4, 0.5) is 4.39 Å². The molecule has 2 aromatic carbocycles. The lowest BCUT2D eigenvalue weighted by atomic mass is 9.76. The Morgan fingerprint density at radius 3 is 2.37 bits per heavy atom. The number of halogens is 1. The lowest BCUT2D eigenvalue weighted by Gasteiger charge is -2.38. The zero-order chi connectivity index (χ0) is 13.3. The van der Waals surface area contributed by atoms with Crippen molar-refractivity contribution >= 4 is 10.8 Å². The van der Waals surface area contributed by atoms with Crippen LogP contribution in [0.25, 0.3) is 10.8 Å². The van der Waals surface area contributed by atoms with E-state index in [1.165, 1.54) is 37.7 Å². The number of hydrogen-bond acceptors (Lipinski definition) is 1. The second-order valence-corrected chi connectivity index (χ2v) is 5.60. The van der Waals surface area contributed by atoms with Gasteiger partial charge in [0.2, 0.25) is 0 Å². The average molecular weight is 257 g/mol. The van der Waals surface area contributed by atoms with Crippen molar-refractivity contribution in [1.29, 1.82) is 0 Å². The van der Waals surface area contributed by atoms with Gasteiger partial charge in [-0.1, -0.05) is 37.5 Å². The Labute approximate surface area is 113 Å². The summed E-state index contributed by atoms with van der Waals surface area (Å²) in [6, 6.07) is 11.4. The molecule has 0 aliphatic heterocycles. The maximum absolute atomic E-state index is 13.2. The van der Waals surface area contributed by atoms with Crippen molar-refractivity contribution in [3.8, 4) is 0 Å². The van der Waals surface area contributed by atoms with Gasteiger partial charge >= 0.3 is 0 Å². The molecule has 0 saturated heterocycles. The van der Waals surface area contributed by atoms with Gasteiger partial charge in [-0.15, -0.1) is 0 Å². The summed E-state index contributed by atoms with van der Waals surface area (Å²) in [4.78, 5) is 0. The first-order chi connectivity index (χ1) is 9.23. The monoisotopic (exact) mass is 257 g/mol. The highest BCUT2D eigenvalue weighted by Gasteiger charge is 2.31. The van der Waals surface area contributed by atoms with Gasteiger partial charge in [0.1, 0.15) is 5.82 Å². The van der Waals surface area contributed by atoms with Crippen molar-refractivity contribution in [1.82, 2.24) is 5.32 Å². The Morgan fingerprint density at radius 1 is 0.947 bits per heavy atom. The van der Waals surface area contributed by atoms with Crippen LogP contribution in [-0.4, -0.2) is 7.05 Å². The highest BCUT2D eigenvalue weighted by molar-refractivity contribution is 5.83. The number of benzene rings is 2. The first-order valence-corrected chi connectivity index (χ1v) is 7.12. The van der Waals surface area contributed by atoms with Gasteiger partial charge in [-0.2, -0.15) is 0 Å². The van der Waals surface area contributed by atoms with E-state index in [2.05, 4.69) is 24.5 Å². The molecular weight excluding hydrogens is 237 g/mol. The largest absolute Gasteiger partial charge is 0.310 e. The number of nitrogens with one attached hydrogen (secondary N) is 1. The van der Waals surface area contributed by atoms with Crippen LogP contribution in [0.3, 0.4) is 0 Å². The summed E-state index contributed by atoms with van der Waals surface area (Å²) in [7, 11) is 2.06. The van der Waals surface area contributed by atoms with Crippen LogP contribution in [0.5, 0.6) is 0 Å². The molecule has 0 heterocycles. The number of hydrogen-bond donors (Lipinski definition) is 1. The van der Waals surface area contributed by atoms with Crippen LogP contribution in [0, 0.1) is 5.82 Å². The average Bonchev–Trinajstić information content (AvgIpc) is 2.47. The number of rotatable bonds is 2. The van der Waals surface area contributed by atoms with E-state index >= 15 is 0 Å². The molecule has 0 spiro atoms. The summed E-state index contributed by atoms with van der Waals surface area (Å²) in [5.41, 5.74) is 1.45. The maximum Gasteiger partial charge on any atom is 0.123 e. The van der Waals surface area contributed by atoms with Crippen LogP contribution < -0.4 is 5.32 Å². The van der Waals surface area contributed by atoms with Crippen LogP contribution in [0.1, 0.15) is 37.7 Å². The number of fused-ring (bicyclic) bond motifs is 1. The molecular formula is C17H20FN. The summed E-state index contributed by atoms with van der Waals surface area (Å²) < 4.78 is 13.2. The highest BCUT2D eigenvalue weighted by atomic mass is 19.1. The van der Waals surface area contributed by atoms with E-state index in [4.69, 9.17) is 0 Å². The fourth-order valence-electron chi connectivity index (χ4n) is 3.35. The third-order valence-corrected chi connectivity index (χ3v) is 4.54. The predicted molar refractivity (Wildman–Crippen MR) is 77.7 cm³/mol. The topological polar surface area (TPSA) is 12.0 Å². The molecule has 0 atom stereocenters. The zero-order valence-corrected chi connectivity index (χ0v) is 11.4. The van der Waals surface area contributed by atoms with E-state index in [9.17, 15) is 4.39 Å². The zero-order valence-electron chi connectivity index (χ0n) is 11.4. The van der Waals surface area contributed by atoms with Gasteiger partial charge in [0.05, 0.1) is 0 Å². The SMILES string of the molecule is CNC1(c2ccc3cc(F)ccc3c2)CCCCC1. The molecule has 1 aliphatic carbocycles. The van der Waals surface area contributed by atoms with Gasteiger partial charge in [-0.3, -0.25) is 0 Å². The second-order valence-electron chi connectivity index (χ2n) is 5.60. The molecule has 0 aromatic heterocycles. The Kier molecular flexibility index (Phi) is 3.28. The molecule has 1 N–H and O–H groups in total. The second kappa shape index (κ2) is 4.93. The molecule has 100 valence electrons. The van der Waals surface area contributed by atoms with Crippen molar-refractivity contribution in [2.45, 2.75) is 37.6 Å². The van der Waals surface area contributed by atoms with Gasteiger partial charge in [-0.05, 0) is 54.4 Å². The van der Waals surface area contributed by atoms with E-state index in [0.717, 1.165) is 10.8 Å². The standard InChI is InChI=1S/C17H20FN/c1-19-17(9-3-2-4-10-17)15-7-5-14-12-16(18)8-6-13(14)11-15/h5-8,11-12,19H,2-4,9-10H2,1H3. The predicted octanol–water partition coefficient (Wildman–Crippen LogP) is 4.36. The van der Waals surface area contributed by atoms with E-state index in [0.29, 0.717) is 0 Å². The summed E-state index contributed by atoms with van der Waals surface area (Å²) >= 11 is 0. The third-order valence-electron chi connectivity index (χ3n) is 4.54.